The fourth-order valence-electron chi connectivity index (χ4n) is 1.91. The van der Waals surface area contributed by atoms with Crippen molar-refractivity contribution in [3.63, 3.8) is 0 Å². The molecule has 2 N–H and O–H groups in total. The molecular formula is C13H17N5O2. The number of hydrogen-bond acceptors (Lipinski definition) is 5. The Bertz CT molecular complexity index is 636. The van der Waals surface area contributed by atoms with Crippen LogP contribution in [0.4, 0.5) is 5.82 Å². The van der Waals surface area contributed by atoms with E-state index in [0.717, 1.165) is 11.4 Å². The van der Waals surface area contributed by atoms with E-state index in [0.29, 0.717) is 13.1 Å². The number of carbonyl (C=O) groups is 1. The van der Waals surface area contributed by atoms with Gasteiger partial charge in [0.25, 0.3) is 0 Å². The summed E-state index contributed by atoms with van der Waals surface area (Å²) in [4.78, 5) is 18.8. The minimum Gasteiger partial charge on any atom is -0.476 e. The van der Waals surface area contributed by atoms with Crippen molar-refractivity contribution in [3.8, 4) is 0 Å². The van der Waals surface area contributed by atoms with Crippen LogP contribution >= 0.6 is 0 Å². The summed E-state index contributed by atoms with van der Waals surface area (Å²) in [5, 5.41) is 16.4. The molecule has 7 nitrogen and oxygen atoms in total. The SMILES string of the molecule is Cc1nn(CCNc2nccnc2C(=O)O)c(C)c1C. The first-order valence-corrected chi connectivity index (χ1v) is 6.29. The topological polar surface area (TPSA) is 92.9 Å². The lowest BCUT2D eigenvalue weighted by Gasteiger charge is -2.08. The van der Waals surface area contributed by atoms with Gasteiger partial charge in [-0.2, -0.15) is 5.10 Å². The molecule has 0 fully saturated rings. The maximum absolute atomic E-state index is 11.0. The second-order valence-electron chi connectivity index (χ2n) is 4.50. The van der Waals surface area contributed by atoms with E-state index < -0.39 is 5.97 Å². The third-order valence-corrected chi connectivity index (χ3v) is 3.26. The predicted octanol–water partition coefficient (Wildman–Crippen LogP) is 1.41. The highest BCUT2D eigenvalue weighted by atomic mass is 16.4. The van der Waals surface area contributed by atoms with Crippen LogP contribution in [0.15, 0.2) is 12.4 Å². The lowest BCUT2D eigenvalue weighted by atomic mass is 10.2. The Morgan fingerprint density at radius 1 is 1.30 bits per heavy atom. The Kier molecular flexibility index (Phi) is 3.97. The number of carboxylic acid groups (broad SMARTS) is 1. The van der Waals surface area contributed by atoms with Crippen LogP contribution in [-0.4, -0.2) is 37.4 Å². The zero-order chi connectivity index (χ0) is 14.7. The summed E-state index contributed by atoms with van der Waals surface area (Å²) in [7, 11) is 0. The number of nitrogens with zero attached hydrogens (tertiary/aromatic N) is 4. The smallest absolute Gasteiger partial charge is 0.358 e. The summed E-state index contributed by atoms with van der Waals surface area (Å²) < 4.78 is 1.90. The molecule has 0 bridgehead atoms. The predicted molar refractivity (Wildman–Crippen MR) is 73.9 cm³/mol. The van der Waals surface area contributed by atoms with Crippen LogP contribution in [0.1, 0.15) is 27.4 Å². The highest BCUT2D eigenvalue weighted by molar-refractivity contribution is 5.90. The summed E-state index contributed by atoms with van der Waals surface area (Å²) >= 11 is 0. The van der Waals surface area contributed by atoms with E-state index in [2.05, 4.69) is 20.4 Å². The van der Waals surface area contributed by atoms with Crippen molar-refractivity contribution in [1.29, 1.82) is 0 Å². The Labute approximate surface area is 116 Å². The zero-order valence-electron chi connectivity index (χ0n) is 11.7. The van der Waals surface area contributed by atoms with E-state index >= 15 is 0 Å². The van der Waals surface area contributed by atoms with Gasteiger partial charge in [-0.25, -0.2) is 14.8 Å². The molecule has 0 atom stereocenters. The van der Waals surface area contributed by atoms with Gasteiger partial charge in [0.15, 0.2) is 11.5 Å². The Morgan fingerprint density at radius 3 is 2.60 bits per heavy atom. The average Bonchev–Trinajstić information content (AvgIpc) is 2.67. The first-order chi connectivity index (χ1) is 9.50. The Balaban J connectivity index is 2.03. The molecule has 2 aromatic heterocycles. The minimum atomic E-state index is -1.09. The molecule has 0 saturated carbocycles. The van der Waals surface area contributed by atoms with E-state index in [4.69, 9.17) is 5.11 Å². The molecule has 7 heteroatoms. The molecule has 0 spiro atoms. The lowest BCUT2D eigenvalue weighted by Crippen LogP contribution is -2.16. The monoisotopic (exact) mass is 275 g/mol. The van der Waals surface area contributed by atoms with E-state index in [9.17, 15) is 4.79 Å². The van der Waals surface area contributed by atoms with Crippen molar-refractivity contribution in [2.24, 2.45) is 0 Å². The van der Waals surface area contributed by atoms with Crippen LogP contribution in [0.25, 0.3) is 0 Å². The summed E-state index contributed by atoms with van der Waals surface area (Å²) in [6.07, 6.45) is 2.82. The van der Waals surface area contributed by atoms with Crippen LogP contribution < -0.4 is 5.32 Å². The van der Waals surface area contributed by atoms with E-state index in [1.165, 1.54) is 18.0 Å². The number of aromatic nitrogens is 4. The summed E-state index contributed by atoms with van der Waals surface area (Å²) in [6.45, 7) is 7.18. The number of carboxylic acids is 1. The molecule has 0 unspecified atom stereocenters. The molecule has 0 amide bonds. The summed E-state index contributed by atoms with van der Waals surface area (Å²) in [5.41, 5.74) is 3.22. The average molecular weight is 275 g/mol. The number of nitrogens with one attached hydrogen (secondary N) is 1. The van der Waals surface area contributed by atoms with Crippen molar-refractivity contribution in [2.45, 2.75) is 27.3 Å². The van der Waals surface area contributed by atoms with Crippen molar-refractivity contribution < 1.29 is 9.90 Å². The van der Waals surface area contributed by atoms with Crippen molar-refractivity contribution >= 4 is 11.8 Å². The highest BCUT2D eigenvalue weighted by Crippen LogP contribution is 2.11. The highest BCUT2D eigenvalue weighted by Gasteiger charge is 2.12. The van der Waals surface area contributed by atoms with Gasteiger partial charge in [-0.3, -0.25) is 4.68 Å². The number of aryl methyl sites for hydroxylation is 1. The third kappa shape index (κ3) is 2.76. The van der Waals surface area contributed by atoms with Crippen LogP contribution in [0.2, 0.25) is 0 Å². The standard InChI is InChI=1S/C13H17N5O2/c1-8-9(2)17-18(10(8)3)7-6-16-12-11(13(19)20)14-4-5-15-12/h4-5H,6-7H2,1-3H3,(H,15,16)(H,19,20). The van der Waals surface area contributed by atoms with E-state index in [1.807, 2.05) is 25.5 Å². The molecule has 106 valence electrons. The molecule has 20 heavy (non-hydrogen) atoms. The summed E-state index contributed by atoms with van der Waals surface area (Å²) in [6, 6.07) is 0. The maximum Gasteiger partial charge on any atom is 0.358 e. The molecule has 0 saturated heterocycles. The van der Waals surface area contributed by atoms with Crippen LogP contribution in [0, 0.1) is 20.8 Å². The lowest BCUT2D eigenvalue weighted by molar-refractivity contribution is 0.0691. The van der Waals surface area contributed by atoms with Gasteiger partial charge in [-0.1, -0.05) is 0 Å². The van der Waals surface area contributed by atoms with Gasteiger partial charge in [0, 0.05) is 24.6 Å². The molecule has 2 rings (SSSR count). The molecule has 0 aliphatic carbocycles. The number of rotatable bonds is 5. The number of hydrogen-bond donors (Lipinski definition) is 2. The largest absolute Gasteiger partial charge is 0.476 e. The van der Waals surface area contributed by atoms with Gasteiger partial charge in [-0.05, 0) is 26.3 Å². The maximum atomic E-state index is 11.0. The first-order valence-electron chi connectivity index (χ1n) is 6.29. The van der Waals surface area contributed by atoms with Gasteiger partial charge in [0.1, 0.15) is 0 Å². The third-order valence-electron chi connectivity index (χ3n) is 3.26. The van der Waals surface area contributed by atoms with Gasteiger partial charge in [-0.15, -0.1) is 0 Å². The van der Waals surface area contributed by atoms with Crippen LogP contribution in [0.3, 0.4) is 0 Å². The summed E-state index contributed by atoms with van der Waals surface area (Å²) in [5.74, 6) is -0.819. The Hall–Kier alpha value is -2.44. The fourth-order valence-corrected chi connectivity index (χ4v) is 1.91. The van der Waals surface area contributed by atoms with E-state index in [1.54, 1.807) is 0 Å². The minimum absolute atomic E-state index is 0.0722. The van der Waals surface area contributed by atoms with Gasteiger partial charge in [0.05, 0.1) is 12.2 Å². The second kappa shape index (κ2) is 5.68. The normalized spacial score (nSPS) is 10.6. The van der Waals surface area contributed by atoms with Crippen molar-refractivity contribution in [2.75, 3.05) is 11.9 Å². The Morgan fingerprint density at radius 2 is 2.00 bits per heavy atom. The molecule has 0 aliphatic heterocycles. The second-order valence-corrected chi connectivity index (χ2v) is 4.50. The van der Waals surface area contributed by atoms with Gasteiger partial charge in [0.2, 0.25) is 0 Å². The van der Waals surface area contributed by atoms with Crippen LogP contribution in [0.5, 0.6) is 0 Å². The van der Waals surface area contributed by atoms with E-state index in [-0.39, 0.29) is 11.5 Å². The van der Waals surface area contributed by atoms with Gasteiger partial charge >= 0.3 is 5.97 Å². The molecular weight excluding hydrogens is 258 g/mol. The molecule has 2 aromatic rings. The number of aromatic carboxylic acids is 1. The molecule has 0 aliphatic rings. The van der Waals surface area contributed by atoms with Gasteiger partial charge < -0.3 is 10.4 Å². The molecule has 2 heterocycles. The fraction of sp³-hybridized carbons (Fsp3) is 0.385. The quantitative estimate of drug-likeness (QED) is 0.857. The molecule has 0 aromatic carbocycles. The molecule has 0 radical (unpaired) electrons. The first kappa shape index (κ1) is 14.0. The zero-order valence-corrected chi connectivity index (χ0v) is 11.7. The van der Waals surface area contributed by atoms with Crippen molar-refractivity contribution in [1.82, 2.24) is 19.7 Å². The number of anilines is 1. The van der Waals surface area contributed by atoms with Crippen molar-refractivity contribution in [3.05, 3.63) is 35.0 Å². The van der Waals surface area contributed by atoms with Crippen LogP contribution in [-0.2, 0) is 6.54 Å².